The topological polar surface area (TPSA) is 51.2 Å². The lowest BCUT2D eigenvalue weighted by atomic mass is 9.47. The maximum Gasteiger partial charge on any atom is 0.178 e. The summed E-state index contributed by atoms with van der Waals surface area (Å²) in [6, 6.07) is 0. The third kappa shape index (κ3) is 1.87. The molecule has 0 radical (unpaired) electrons. The second-order valence-electron chi connectivity index (χ2n) is 8.44. The van der Waals surface area contributed by atoms with Crippen LogP contribution in [0.1, 0.15) is 46.5 Å². The van der Waals surface area contributed by atoms with Crippen molar-refractivity contribution in [2.75, 3.05) is 0 Å². The van der Waals surface area contributed by atoms with Crippen LogP contribution in [-0.2, 0) is 14.4 Å². The summed E-state index contributed by atoms with van der Waals surface area (Å²) in [5.74, 6) is 1.01. The molecule has 2 fully saturated rings. The number of hydrogen-bond donors (Lipinski definition) is 0. The third-order valence-electron chi connectivity index (χ3n) is 7.22. The zero-order chi connectivity index (χ0) is 17.3. The summed E-state index contributed by atoms with van der Waals surface area (Å²) < 4.78 is 0. The van der Waals surface area contributed by atoms with Crippen molar-refractivity contribution in [2.45, 2.75) is 46.5 Å². The van der Waals surface area contributed by atoms with Crippen molar-refractivity contribution in [2.24, 2.45) is 28.6 Å². The molecule has 24 heavy (non-hydrogen) atoms. The molecule has 0 saturated heterocycles. The van der Waals surface area contributed by atoms with Crippen molar-refractivity contribution in [1.29, 1.82) is 0 Å². The second-order valence-corrected chi connectivity index (χ2v) is 8.44. The summed E-state index contributed by atoms with van der Waals surface area (Å²) in [5.41, 5.74) is 1.36. The average Bonchev–Trinajstić information content (AvgIpc) is 2.84. The molecule has 4 aliphatic rings. The van der Waals surface area contributed by atoms with E-state index < -0.39 is 0 Å². The number of allylic oxidation sites excluding steroid dienone is 6. The van der Waals surface area contributed by atoms with Crippen LogP contribution in [0.15, 0.2) is 35.5 Å². The molecule has 0 aliphatic heterocycles. The van der Waals surface area contributed by atoms with Crippen LogP contribution in [-0.4, -0.2) is 17.3 Å². The Labute approximate surface area is 142 Å². The van der Waals surface area contributed by atoms with Crippen LogP contribution in [0.2, 0.25) is 0 Å². The number of fused-ring (bicyclic) bond motifs is 5. The van der Waals surface area contributed by atoms with Crippen molar-refractivity contribution in [3.63, 3.8) is 0 Å². The van der Waals surface area contributed by atoms with E-state index in [1.807, 2.05) is 6.08 Å². The second kappa shape index (κ2) is 4.87. The highest BCUT2D eigenvalue weighted by Gasteiger charge is 2.60. The Morgan fingerprint density at radius 3 is 2.71 bits per heavy atom. The zero-order valence-electron chi connectivity index (χ0n) is 14.6. The molecule has 0 spiro atoms. The molecule has 5 atom stereocenters. The predicted octanol–water partition coefficient (Wildman–Crippen LogP) is 3.60. The minimum absolute atomic E-state index is 0.0374. The Morgan fingerprint density at radius 1 is 1.25 bits per heavy atom. The molecule has 3 nitrogen and oxygen atoms in total. The van der Waals surface area contributed by atoms with Gasteiger partial charge in [0.05, 0.1) is 0 Å². The molecule has 0 unspecified atom stereocenters. The molecule has 0 bridgehead atoms. The van der Waals surface area contributed by atoms with E-state index in [1.54, 1.807) is 19.1 Å². The molecule has 126 valence electrons. The summed E-state index contributed by atoms with van der Waals surface area (Å²) >= 11 is 0. The Morgan fingerprint density at radius 2 is 2.00 bits per heavy atom. The first-order valence-electron chi connectivity index (χ1n) is 8.96. The highest BCUT2D eigenvalue weighted by Crippen LogP contribution is 2.63. The normalized spacial score (nSPS) is 43.5. The molecule has 4 aliphatic carbocycles. The summed E-state index contributed by atoms with van der Waals surface area (Å²) in [6.45, 7) is 5.85. The van der Waals surface area contributed by atoms with Gasteiger partial charge in [0.1, 0.15) is 5.78 Å². The van der Waals surface area contributed by atoms with Gasteiger partial charge in [0.15, 0.2) is 11.6 Å². The van der Waals surface area contributed by atoms with Gasteiger partial charge < -0.3 is 0 Å². The van der Waals surface area contributed by atoms with Crippen LogP contribution in [0.25, 0.3) is 0 Å². The van der Waals surface area contributed by atoms with Crippen molar-refractivity contribution in [1.82, 2.24) is 0 Å². The number of carbonyl (C=O) groups excluding carboxylic acids is 3. The predicted molar refractivity (Wildman–Crippen MR) is 91.2 cm³/mol. The number of hydrogen-bond acceptors (Lipinski definition) is 3. The first-order valence-corrected chi connectivity index (χ1v) is 8.96. The Kier molecular flexibility index (Phi) is 3.20. The van der Waals surface area contributed by atoms with Gasteiger partial charge in [-0.3, -0.25) is 14.4 Å². The summed E-state index contributed by atoms with van der Waals surface area (Å²) in [4.78, 5) is 37.0. The van der Waals surface area contributed by atoms with Crippen molar-refractivity contribution in [3.05, 3.63) is 35.5 Å². The van der Waals surface area contributed by atoms with Gasteiger partial charge in [-0.2, -0.15) is 0 Å². The third-order valence-corrected chi connectivity index (χ3v) is 7.22. The average molecular weight is 324 g/mol. The van der Waals surface area contributed by atoms with Gasteiger partial charge in [0.2, 0.25) is 0 Å². The highest BCUT2D eigenvalue weighted by molar-refractivity contribution is 6.02. The number of Topliss-reactive ketones (excluding diaryl/α,β-unsaturated/α-hetero) is 2. The molecule has 0 aromatic rings. The van der Waals surface area contributed by atoms with E-state index in [9.17, 15) is 14.4 Å². The molecular weight excluding hydrogens is 300 g/mol. The molecule has 0 aromatic heterocycles. The number of ketones is 3. The fraction of sp³-hybridized carbons (Fsp3) is 0.571. The van der Waals surface area contributed by atoms with E-state index in [4.69, 9.17) is 0 Å². The molecule has 2 saturated carbocycles. The van der Waals surface area contributed by atoms with E-state index >= 15 is 0 Å². The monoisotopic (exact) mass is 324 g/mol. The maximum absolute atomic E-state index is 13.2. The van der Waals surface area contributed by atoms with Crippen LogP contribution in [0.3, 0.4) is 0 Å². The van der Waals surface area contributed by atoms with E-state index in [-0.39, 0.29) is 34.1 Å². The lowest BCUT2D eigenvalue weighted by Crippen LogP contribution is -2.54. The fourth-order valence-corrected chi connectivity index (χ4v) is 6.15. The van der Waals surface area contributed by atoms with E-state index in [0.29, 0.717) is 18.3 Å². The molecule has 4 rings (SSSR count). The Balaban J connectivity index is 1.76. The zero-order valence-corrected chi connectivity index (χ0v) is 14.6. The lowest BCUT2D eigenvalue weighted by molar-refractivity contribution is -0.140. The molecular formula is C21H24O3. The number of rotatable bonds is 1. The van der Waals surface area contributed by atoms with E-state index in [1.165, 1.54) is 0 Å². The van der Waals surface area contributed by atoms with Gasteiger partial charge in [0.25, 0.3) is 0 Å². The van der Waals surface area contributed by atoms with Gasteiger partial charge in [-0.05, 0) is 55.7 Å². The lowest BCUT2D eigenvalue weighted by Gasteiger charge is -2.55. The number of carbonyl (C=O) groups is 3. The van der Waals surface area contributed by atoms with Crippen LogP contribution >= 0.6 is 0 Å². The van der Waals surface area contributed by atoms with Crippen molar-refractivity contribution >= 4 is 17.3 Å². The first-order chi connectivity index (χ1) is 11.3. The molecule has 0 heterocycles. The summed E-state index contributed by atoms with van der Waals surface area (Å²) in [5, 5.41) is 0. The van der Waals surface area contributed by atoms with Crippen LogP contribution < -0.4 is 0 Å². The van der Waals surface area contributed by atoms with E-state index in [0.717, 1.165) is 30.4 Å². The Bertz CT molecular complexity index is 753. The standard InChI is InChI=1S/C21H24O3/c1-12(22)16-6-7-17-15-5-4-13-10-14(23)8-9-20(13,2)19(15)18(24)11-21(16,17)3/h6,8-10,15,17,19H,4-5,7,11H2,1-3H3/t15-,17-,19+,20-,21+/m0/s1. The van der Waals surface area contributed by atoms with Gasteiger partial charge >= 0.3 is 0 Å². The molecule has 3 heteroatoms. The van der Waals surface area contributed by atoms with Gasteiger partial charge in [-0.15, -0.1) is 0 Å². The van der Waals surface area contributed by atoms with Crippen molar-refractivity contribution < 1.29 is 14.4 Å². The first kappa shape index (κ1) is 15.7. The SMILES string of the molecule is CC(=O)C1=CC[C@H]2[C@@H]3CCC4=CC(=O)C=C[C@]4(C)[C@H]3C(=O)C[C@]12C. The van der Waals surface area contributed by atoms with E-state index in [2.05, 4.69) is 19.9 Å². The summed E-state index contributed by atoms with van der Waals surface area (Å²) in [7, 11) is 0. The van der Waals surface area contributed by atoms with Gasteiger partial charge in [0, 0.05) is 23.2 Å². The maximum atomic E-state index is 13.2. The van der Waals surface area contributed by atoms with Gasteiger partial charge in [-0.1, -0.05) is 31.6 Å². The largest absolute Gasteiger partial charge is 0.299 e. The van der Waals surface area contributed by atoms with Crippen molar-refractivity contribution in [3.8, 4) is 0 Å². The van der Waals surface area contributed by atoms with Crippen LogP contribution in [0.5, 0.6) is 0 Å². The minimum Gasteiger partial charge on any atom is -0.299 e. The molecule has 0 aromatic carbocycles. The molecule has 0 amide bonds. The highest BCUT2D eigenvalue weighted by atomic mass is 16.1. The smallest absolute Gasteiger partial charge is 0.178 e. The quantitative estimate of drug-likeness (QED) is 0.740. The van der Waals surface area contributed by atoms with Crippen LogP contribution in [0.4, 0.5) is 0 Å². The minimum atomic E-state index is -0.325. The molecule has 0 N–H and O–H groups in total. The van der Waals surface area contributed by atoms with Gasteiger partial charge in [-0.25, -0.2) is 0 Å². The summed E-state index contributed by atoms with van der Waals surface area (Å²) in [6.07, 6.45) is 10.6. The Hall–Kier alpha value is -1.77. The fourth-order valence-electron chi connectivity index (χ4n) is 6.15. The van der Waals surface area contributed by atoms with Crippen LogP contribution in [0, 0.1) is 28.6 Å².